The normalized spacial score (nSPS) is 20.2. The molecule has 2 amide bonds. The summed E-state index contributed by atoms with van der Waals surface area (Å²) in [5.41, 5.74) is 2.49. The number of carbonyl (C=O) groups excluding carboxylic acids is 2. The van der Waals surface area contributed by atoms with Gasteiger partial charge >= 0.3 is 6.09 Å². The van der Waals surface area contributed by atoms with E-state index in [0.29, 0.717) is 25.4 Å². The van der Waals surface area contributed by atoms with E-state index in [-0.39, 0.29) is 55.2 Å². The van der Waals surface area contributed by atoms with E-state index in [9.17, 15) is 14.7 Å². The van der Waals surface area contributed by atoms with Crippen molar-refractivity contribution in [1.82, 2.24) is 4.90 Å². The Hall–Kier alpha value is -3.86. The van der Waals surface area contributed by atoms with E-state index in [1.54, 1.807) is 24.0 Å². The molecule has 240 valence electrons. The van der Waals surface area contributed by atoms with Gasteiger partial charge in [-0.05, 0) is 35.9 Å². The maximum Gasteiger partial charge on any atom is 0.414 e. The summed E-state index contributed by atoms with van der Waals surface area (Å²) in [6.07, 6.45) is -0.740. The number of carbonyl (C=O) groups is 2. The van der Waals surface area contributed by atoms with E-state index in [0.717, 1.165) is 22.6 Å². The van der Waals surface area contributed by atoms with Crippen LogP contribution in [0.3, 0.4) is 0 Å². The summed E-state index contributed by atoms with van der Waals surface area (Å²) in [7, 11) is 0.928. The van der Waals surface area contributed by atoms with Gasteiger partial charge in [0.2, 0.25) is 5.91 Å². The van der Waals surface area contributed by atoms with Gasteiger partial charge in [-0.3, -0.25) is 9.69 Å². The minimum absolute atomic E-state index is 0.0227. The maximum absolute atomic E-state index is 14.2. The van der Waals surface area contributed by atoms with Gasteiger partial charge in [-0.15, -0.1) is 0 Å². The third-order valence-corrected chi connectivity index (χ3v) is 13.6. The van der Waals surface area contributed by atoms with Crippen molar-refractivity contribution in [1.29, 1.82) is 0 Å². The van der Waals surface area contributed by atoms with Gasteiger partial charge < -0.3 is 29.0 Å². The highest BCUT2D eigenvalue weighted by molar-refractivity contribution is 6.91. The standard InChI is InChI=1S/C35H44N2O7Si/c1-24-33(42-3)29-21-26(37-18-20-43-35(37)40)11-16-30(29)44-34(24)31(45(4,5)28-14-12-27(41-2)13-15-28)22-32(39)36(17-19-38)23-25-9-7-6-8-10-25/h6-16,21,24,31,33-34,38H,17-20,22-23H2,1-5H3/t24-,31?,33-,34-/m1/s1. The number of rotatable bonds is 12. The van der Waals surface area contributed by atoms with Gasteiger partial charge in [-0.2, -0.15) is 0 Å². The lowest BCUT2D eigenvalue weighted by atomic mass is 9.86. The molecule has 5 rings (SSSR count). The summed E-state index contributed by atoms with van der Waals surface area (Å²) >= 11 is 0. The van der Waals surface area contributed by atoms with E-state index in [4.69, 9.17) is 18.9 Å². The molecule has 1 unspecified atom stereocenters. The number of fused-ring (bicyclic) bond motifs is 1. The molecule has 1 N–H and O–H groups in total. The number of amides is 2. The van der Waals surface area contributed by atoms with Crippen molar-refractivity contribution in [2.45, 2.75) is 50.7 Å². The zero-order valence-corrected chi connectivity index (χ0v) is 27.8. The van der Waals surface area contributed by atoms with Crippen LogP contribution in [0.1, 0.15) is 30.6 Å². The first kappa shape index (κ1) is 32.5. The molecular formula is C35H44N2O7Si. The highest BCUT2D eigenvalue weighted by atomic mass is 28.3. The van der Waals surface area contributed by atoms with Gasteiger partial charge in [0.15, 0.2) is 0 Å². The van der Waals surface area contributed by atoms with Crippen molar-refractivity contribution < 1.29 is 33.6 Å². The number of cyclic esters (lactones) is 1. The summed E-state index contributed by atoms with van der Waals surface area (Å²) in [4.78, 5) is 29.8. The van der Waals surface area contributed by atoms with Crippen molar-refractivity contribution in [3.05, 3.63) is 83.9 Å². The molecule has 0 aromatic heterocycles. The molecule has 0 spiro atoms. The number of hydrogen-bond donors (Lipinski definition) is 1. The van der Waals surface area contributed by atoms with Gasteiger partial charge in [0.25, 0.3) is 0 Å². The molecule has 0 bridgehead atoms. The first-order valence-electron chi connectivity index (χ1n) is 15.5. The summed E-state index contributed by atoms with van der Waals surface area (Å²) in [6.45, 7) is 8.09. The minimum Gasteiger partial charge on any atom is -0.497 e. The summed E-state index contributed by atoms with van der Waals surface area (Å²) in [5.74, 6) is 1.34. The fourth-order valence-electron chi connectivity index (χ4n) is 6.71. The van der Waals surface area contributed by atoms with Crippen LogP contribution < -0.4 is 19.6 Å². The van der Waals surface area contributed by atoms with Gasteiger partial charge in [-0.25, -0.2) is 4.79 Å². The predicted molar refractivity (Wildman–Crippen MR) is 176 cm³/mol. The molecule has 4 atom stereocenters. The molecule has 0 aliphatic carbocycles. The van der Waals surface area contributed by atoms with Crippen LogP contribution >= 0.6 is 0 Å². The number of nitrogens with zero attached hydrogens (tertiary/aromatic N) is 2. The van der Waals surface area contributed by atoms with Crippen molar-refractivity contribution in [3.63, 3.8) is 0 Å². The number of benzene rings is 3. The Bertz CT molecular complexity index is 1470. The zero-order chi connectivity index (χ0) is 32.1. The Morgan fingerprint density at radius 3 is 2.44 bits per heavy atom. The van der Waals surface area contributed by atoms with E-state index in [1.807, 2.05) is 60.7 Å². The fraction of sp³-hybridized carbons (Fsp3) is 0.429. The van der Waals surface area contributed by atoms with E-state index in [1.165, 1.54) is 5.19 Å². The lowest BCUT2D eigenvalue weighted by Crippen LogP contribution is -2.55. The van der Waals surface area contributed by atoms with Crippen LogP contribution in [0.2, 0.25) is 18.6 Å². The van der Waals surface area contributed by atoms with Gasteiger partial charge in [0.05, 0.1) is 34.4 Å². The van der Waals surface area contributed by atoms with Crippen LogP contribution in [-0.4, -0.2) is 76.7 Å². The topological polar surface area (TPSA) is 97.8 Å². The molecule has 0 radical (unpaired) electrons. The maximum atomic E-state index is 14.2. The molecule has 2 heterocycles. The largest absolute Gasteiger partial charge is 0.497 e. The monoisotopic (exact) mass is 632 g/mol. The van der Waals surface area contributed by atoms with E-state index < -0.39 is 8.07 Å². The number of anilines is 1. The second-order valence-electron chi connectivity index (χ2n) is 12.4. The number of aliphatic hydroxyl groups is 1. The first-order chi connectivity index (χ1) is 21.7. The van der Waals surface area contributed by atoms with E-state index >= 15 is 0 Å². The SMILES string of the molecule is COc1ccc([Si](C)(C)C(CC(=O)N(CCO)Cc2ccccc2)[C@@H]2Oc3ccc(N4CCOC4=O)cc3[C@H](OC)[C@H]2C)cc1. The second kappa shape index (κ2) is 14.1. The van der Waals surface area contributed by atoms with E-state index in [2.05, 4.69) is 32.2 Å². The van der Waals surface area contributed by atoms with Crippen molar-refractivity contribution in [3.8, 4) is 11.5 Å². The van der Waals surface area contributed by atoms with Gasteiger partial charge in [0.1, 0.15) is 24.2 Å². The van der Waals surface area contributed by atoms with Gasteiger partial charge in [0, 0.05) is 49.3 Å². The predicted octanol–water partition coefficient (Wildman–Crippen LogP) is 5.13. The number of aliphatic hydroxyl groups excluding tert-OH is 1. The molecule has 1 saturated heterocycles. The lowest BCUT2D eigenvalue weighted by Gasteiger charge is -2.46. The van der Waals surface area contributed by atoms with Crippen molar-refractivity contribution >= 4 is 30.9 Å². The second-order valence-corrected chi connectivity index (χ2v) is 17.1. The average Bonchev–Trinajstić information content (AvgIpc) is 3.49. The minimum atomic E-state index is -2.42. The van der Waals surface area contributed by atoms with Crippen LogP contribution in [0.5, 0.6) is 11.5 Å². The van der Waals surface area contributed by atoms with Crippen LogP contribution in [-0.2, 0) is 20.8 Å². The quantitative estimate of drug-likeness (QED) is 0.277. The van der Waals surface area contributed by atoms with Crippen LogP contribution in [0.4, 0.5) is 10.5 Å². The number of ether oxygens (including phenoxy) is 4. The number of hydrogen-bond acceptors (Lipinski definition) is 7. The highest BCUT2D eigenvalue weighted by Gasteiger charge is 2.48. The first-order valence-corrected chi connectivity index (χ1v) is 18.6. The molecule has 3 aromatic carbocycles. The Kier molecular flexibility index (Phi) is 10.2. The Morgan fingerprint density at radius 2 is 1.82 bits per heavy atom. The van der Waals surface area contributed by atoms with Crippen LogP contribution in [0, 0.1) is 5.92 Å². The summed E-state index contributed by atoms with van der Waals surface area (Å²) < 4.78 is 23.6. The smallest absolute Gasteiger partial charge is 0.414 e. The molecule has 3 aromatic rings. The molecule has 9 nitrogen and oxygen atoms in total. The number of methoxy groups -OCH3 is 2. The summed E-state index contributed by atoms with van der Waals surface area (Å²) in [6, 6.07) is 23.7. The molecule has 0 saturated carbocycles. The molecule has 45 heavy (non-hydrogen) atoms. The Balaban J connectivity index is 1.51. The summed E-state index contributed by atoms with van der Waals surface area (Å²) in [5, 5.41) is 11.1. The fourth-order valence-corrected chi connectivity index (χ4v) is 10.0. The van der Waals surface area contributed by atoms with Crippen molar-refractivity contribution in [2.75, 3.05) is 45.4 Å². The molecular weight excluding hydrogens is 588 g/mol. The lowest BCUT2D eigenvalue weighted by molar-refractivity contribution is -0.133. The molecule has 2 aliphatic heterocycles. The van der Waals surface area contributed by atoms with Crippen LogP contribution in [0.15, 0.2) is 72.8 Å². The van der Waals surface area contributed by atoms with Crippen molar-refractivity contribution in [2.24, 2.45) is 5.92 Å². The third kappa shape index (κ3) is 6.88. The third-order valence-electron chi connectivity index (χ3n) is 9.38. The molecule has 2 aliphatic rings. The highest BCUT2D eigenvalue weighted by Crippen LogP contribution is 2.48. The average molecular weight is 633 g/mol. The zero-order valence-electron chi connectivity index (χ0n) is 26.8. The Labute approximate surface area is 266 Å². The Morgan fingerprint density at radius 1 is 1.09 bits per heavy atom. The van der Waals surface area contributed by atoms with Gasteiger partial charge in [-0.1, -0.05) is 67.7 Å². The molecule has 10 heteroatoms. The molecule has 1 fully saturated rings. The van der Waals surface area contributed by atoms with Crippen LogP contribution in [0.25, 0.3) is 0 Å².